The number of fused-ring (bicyclic) bond motifs is 1. The zero-order chi connectivity index (χ0) is 19.8. The first-order chi connectivity index (χ1) is 14.2. The number of nitrogens with zero attached hydrogens (tertiary/aromatic N) is 2. The average Bonchev–Trinajstić information content (AvgIpc) is 3.04. The first-order valence-corrected chi connectivity index (χ1v) is 10.5. The monoisotopic (exact) mass is 382 g/mol. The van der Waals surface area contributed by atoms with Crippen LogP contribution in [0.1, 0.15) is 30.9 Å². The normalized spacial score (nSPS) is 23.1. The number of urea groups is 1. The third-order valence-corrected chi connectivity index (χ3v) is 6.81. The van der Waals surface area contributed by atoms with Gasteiger partial charge in [-0.2, -0.15) is 0 Å². The number of para-hydroxylation sites is 1. The standard InChI is InChI=1S/C26H26N2O/c1-20-24-17-18-26(21-11-5-2-6-12-21,22-13-7-3-8-14-22)19-27(24)25(29)28(20)23-15-9-4-10-16-23/h2-16,20,24H,17-19H2,1H3/t20-,24-/m0/s1. The lowest BCUT2D eigenvalue weighted by Gasteiger charge is -2.45. The number of piperidine rings is 1. The summed E-state index contributed by atoms with van der Waals surface area (Å²) in [7, 11) is 0. The second kappa shape index (κ2) is 7.07. The van der Waals surface area contributed by atoms with E-state index in [9.17, 15) is 4.79 Å². The predicted molar refractivity (Wildman–Crippen MR) is 117 cm³/mol. The number of carbonyl (C=O) groups excluding carboxylic acids is 1. The Morgan fingerprint density at radius 3 is 1.86 bits per heavy atom. The average molecular weight is 383 g/mol. The summed E-state index contributed by atoms with van der Waals surface area (Å²) in [5.74, 6) is 0. The molecule has 2 aliphatic heterocycles. The third-order valence-electron chi connectivity index (χ3n) is 6.81. The molecule has 2 heterocycles. The number of carbonyl (C=O) groups is 1. The maximum Gasteiger partial charge on any atom is 0.325 e. The Hall–Kier alpha value is -3.07. The fraction of sp³-hybridized carbons (Fsp3) is 0.269. The van der Waals surface area contributed by atoms with Gasteiger partial charge in [-0.1, -0.05) is 78.9 Å². The van der Waals surface area contributed by atoms with Gasteiger partial charge < -0.3 is 4.90 Å². The van der Waals surface area contributed by atoms with Crippen molar-refractivity contribution in [2.24, 2.45) is 0 Å². The van der Waals surface area contributed by atoms with E-state index >= 15 is 0 Å². The van der Waals surface area contributed by atoms with Gasteiger partial charge in [0.05, 0.1) is 12.1 Å². The molecule has 3 heteroatoms. The zero-order valence-electron chi connectivity index (χ0n) is 16.7. The summed E-state index contributed by atoms with van der Waals surface area (Å²) in [6.45, 7) is 2.91. The van der Waals surface area contributed by atoms with Crippen molar-refractivity contribution in [3.63, 3.8) is 0 Å². The minimum absolute atomic E-state index is 0.129. The van der Waals surface area contributed by atoms with E-state index < -0.39 is 0 Å². The molecule has 0 unspecified atom stereocenters. The van der Waals surface area contributed by atoms with Crippen LogP contribution in [0.3, 0.4) is 0 Å². The van der Waals surface area contributed by atoms with Crippen LogP contribution in [0.15, 0.2) is 91.0 Å². The molecule has 29 heavy (non-hydrogen) atoms. The van der Waals surface area contributed by atoms with Crippen LogP contribution >= 0.6 is 0 Å². The van der Waals surface area contributed by atoms with Gasteiger partial charge in [0.25, 0.3) is 0 Å². The second-order valence-electron chi connectivity index (χ2n) is 8.28. The zero-order valence-corrected chi connectivity index (χ0v) is 16.7. The first kappa shape index (κ1) is 18.0. The highest BCUT2D eigenvalue weighted by Gasteiger charge is 2.51. The topological polar surface area (TPSA) is 23.6 Å². The van der Waals surface area contributed by atoms with E-state index in [1.165, 1.54) is 11.1 Å². The highest BCUT2D eigenvalue weighted by atomic mass is 16.2. The molecule has 2 aliphatic rings. The molecule has 3 nitrogen and oxygen atoms in total. The van der Waals surface area contributed by atoms with Gasteiger partial charge >= 0.3 is 6.03 Å². The van der Waals surface area contributed by atoms with Gasteiger partial charge in [0.1, 0.15) is 0 Å². The Bertz CT molecular complexity index is 947. The molecule has 2 saturated heterocycles. The molecule has 3 aromatic carbocycles. The number of hydrogen-bond donors (Lipinski definition) is 0. The molecular formula is C26H26N2O. The molecule has 0 N–H and O–H groups in total. The molecule has 2 amide bonds. The van der Waals surface area contributed by atoms with E-state index in [2.05, 4.69) is 72.5 Å². The fourth-order valence-electron chi connectivity index (χ4n) is 5.32. The van der Waals surface area contributed by atoms with Gasteiger partial charge in [0.15, 0.2) is 0 Å². The summed E-state index contributed by atoms with van der Waals surface area (Å²) in [6.07, 6.45) is 2.04. The molecule has 0 spiro atoms. The molecule has 2 fully saturated rings. The molecule has 0 saturated carbocycles. The molecule has 5 rings (SSSR count). The Morgan fingerprint density at radius 2 is 1.31 bits per heavy atom. The largest absolute Gasteiger partial charge is 0.325 e. The van der Waals surface area contributed by atoms with Gasteiger partial charge in [0.2, 0.25) is 0 Å². The molecule has 0 radical (unpaired) electrons. The predicted octanol–water partition coefficient (Wildman–Crippen LogP) is 5.47. The molecule has 146 valence electrons. The fourth-order valence-corrected chi connectivity index (χ4v) is 5.32. The maximum absolute atomic E-state index is 13.6. The number of rotatable bonds is 3. The van der Waals surface area contributed by atoms with Crippen molar-refractivity contribution in [3.05, 3.63) is 102 Å². The van der Waals surface area contributed by atoms with E-state index in [0.29, 0.717) is 0 Å². The maximum atomic E-state index is 13.6. The van der Waals surface area contributed by atoms with Crippen molar-refractivity contribution in [2.75, 3.05) is 11.4 Å². The summed E-state index contributed by atoms with van der Waals surface area (Å²) in [4.78, 5) is 17.7. The lowest BCUT2D eigenvalue weighted by Crippen LogP contribution is -2.51. The first-order valence-electron chi connectivity index (χ1n) is 10.5. The van der Waals surface area contributed by atoms with Crippen LogP contribution in [0.2, 0.25) is 0 Å². The van der Waals surface area contributed by atoms with Crippen LogP contribution in [0.4, 0.5) is 10.5 Å². The minimum atomic E-state index is -0.166. The van der Waals surface area contributed by atoms with Crippen LogP contribution < -0.4 is 4.90 Å². The van der Waals surface area contributed by atoms with Crippen molar-refractivity contribution in [3.8, 4) is 0 Å². The molecule has 0 bridgehead atoms. The summed E-state index contributed by atoms with van der Waals surface area (Å²) in [6, 6.07) is 32.1. The van der Waals surface area contributed by atoms with Crippen LogP contribution in [0.5, 0.6) is 0 Å². The van der Waals surface area contributed by atoms with Crippen LogP contribution in [0, 0.1) is 0 Å². The van der Waals surface area contributed by atoms with Gasteiger partial charge in [-0.3, -0.25) is 4.90 Å². The number of amides is 2. The quantitative estimate of drug-likeness (QED) is 0.589. The highest BCUT2D eigenvalue weighted by molar-refractivity contribution is 5.95. The van der Waals surface area contributed by atoms with Crippen molar-refractivity contribution in [1.29, 1.82) is 0 Å². The Morgan fingerprint density at radius 1 is 0.793 bits per heavy atom. The van der Waals surface area contributed by atoms with Crippen LogP contribution in [-0.2, 0) is 5.41 Å². The Labute approximate surface area is 172 Å². The van der Waals surface area contributed by atoms with Crippen LogP contribution in [-0.4, -0.2) is 29.6 Å². The van der Waals surface area contributed by atoms with Crippen molar-refractivity contribution < 1.29 is 4.79 Å². The van der Waals surface area contributed by atoms with E-state index in [-0.39, 0.29) is 23.5 Å². The number of hydrogen-bond acceptors (Lipinski definition) is 1. The summed E-state index contributed by atoms with van der Waals surface area (Å²) < 4.78 is 0. The van der Waals surface area contributed by atoms with Crippen molar-refractivity contribution in [2.45, 2.75) is 37.3 Å². The van der Waals surface area contributed by atoms with Gasteiger partial charge in [-0.15, -0.1) is 0 Å². The molecular weight excluding hydrogens is 356 g/mol. The minimum Gasteiger partial charge on any atom is -0.318 e. The number of anilines is 1. The molecule has 2 atom stereocenters. The second-order valence-corrected chi connectivity index (χ2v) is 8.28. The highest BCUT2D eigenvalue weighted by Crippen LogP contribution is 2.45. The van der Waals surface area contributed by atoms with Gasteiger partial charge in [-0.25, -0.2) is 4.79 Å². The third kappa shape index (κ3) is 2.84. The smallest absolute Gasteiger partial charge is 0.318 e. The van der Waals surface area contributed by atoms with E-state index in [1.807, 2.05) is 35.2 Å². The lowest BCUT2D eigenvalue weighted by atomic mass is 9.68. The Balaban J connectivity index is 1.56. The summed E-state index contributed by atoms with van der Waals surface area (Å²) in [5.41, 5.74) is 3.41. The van der Waals surface area contributed by atoms with E-state index in [4.69, 9.17) is 0 Å². The van der Waals surface area contributed by atoms with Gasteiger partial charge in [-0.05, 0) is 43.0 Å². The van der Waals surface area contributed by atoms with Crippen molar-refractivity contribution in [1.82, 2.24) is 4.90 Å². The van der Waals surface area contributed by atoms with E-state index in [1.54, 1.807) is 0 Å². The molecule has 3 aromatic rings. The van der Waals surface area contributed by atoms with Crippen LogP contribution in [0.25, 0.3) is 0 Å². The number of benzene rings is 3. The summed E-state index contributed by atoms with van der Waals surface area (Å²) in [5, 5.41) is 0. The lowest BCUT2D eigenvalue weighted by molar-refractivity contribution is 0.146. The summed E-state index contributed by atoms with van der Waals surface area (Å²) >= 11 is 0. The van der Waals surface area contributed by atoms with E-state index in [0.717, 1.165) is 25.1 Å². The molecule has 0 aliphatic carbocycles. The van der Waals surface area contributed by atoms with Crippen molar-refractivity contribution >= 4 is 11.7 Å². The van der Waals surface area contributed by atoms with Gasteiger partial charge in [0, 0.05) is 17.6 Å². The Kier molecular flexibility index (Phi) is 4.39. The molecule has 0 aromatic heterocycles. The SMILES string of the molecule is C[C@H]1[C@@H]2CCC(c3ccccc3)(c3ccccc3)CN2C(=O)N1c1ccccc1.